The summed E-state index contributed by atoms with van der Waals surface area (Å²) in [7, 11) is -2.11. The van der Waals surface area contributed by atoms with E-state index in [2.05, 4.69) is 0 Å². The van der Waals surface area contributed by atoms with E-state index in [0.717, 1.165) is 36.0 Å². The Balaban J connectivity index is 1.69. The smallest absolute Gasteiger partial charge is 0.337 e. The Kier molecular flexibility index (Phi) is 8.20. The molecule has 0 saturated heterocycles. The molecule has 0 aliphatic rings. The van der Waals surface area contributed by atoms with Crippen LogP contribution in [0.25, 0.3) is 0 Å². The number of hydrogen-bond donors (Lipinski definition) is 0. The van der Waals surface area contributed by atoms with Crippen LogP contribution in [0.2, 0.25) is 0 Å². The van der Waals surface area contributed by atoms with Gasteiger partial charge >= 0.3 is 5.97 Å². The van der Waals surface area contributed by atoms with Gasteiger partial charge in [-0.1, -0.05) is 66.7 Å². The number of hydrogen-bond acceptors (Lipinski definition) is 5. The van der Waals surface area contributed by atoms with Gasteiger partial charge in [0.05, 0.1) is 19.3 Å². The molecule has 0 aliphatic heterocycles. The van der Waals surface area contributed by atoms with E-state index >= 15 is 0 Å². The molecule has 0 amide bonds. The fourth-order valence-corrected chi connectivity index (χ4v) is 4.60. The van der Waals surface area contributed by atoms with Crippen LogP contribution in [-0.2, 0) is 38.8 Å². The third kappa shape index (κ3) is 6.52. The summed E-state index contributed by atoms with van der Waals surface area (Å²) >= 11 is 0. The molecule has 0 radical (unpaired) electrons. The molecule has 32 heavy (non-hydrogen) atoms. The highest BCUT2D eigenvalue weighted by Gasteiger charge is 2.26. The predicted octanol–water partition coefficient (Wildman–Crippen LogP) is 4.91. The van der Waals surface area contributed by atoms with Crippen molar-refractivity contribution in [1.82, 2.24) is 0 Å². The Morgan fingerprint density at radius 1 is 0.844 bits per heavy atom. The van der Waals surface area contributed by atoms with E-state index in [0.29, 0.717) is 11.1 Å². The van der Waals surface area contributed by atoms with Gasteiger partial charge < -0.3 is 9.47 Å². The van der Waals surface area contributed by atoms with Gasteiger partial charge in [0.25, 0.3) is 0 Å². The second kappa shape index (κ2) is 11.1. The Morgan fingerprint density at radius 2 is 1.50 bits per heavy atom. The maximum atomic E-state index is 12.5. The molecule has 1 atom stereocenters. The zero-order valence-electron chi connectivity index (χ0n) is 18.4. The maximum absolute atomic E-state index is 12.5. The first kappa shape index (κ1) is 23.7. The number of carbonyl (C=O) groups is 1. The molecule has 0 saturated carbocycles. The molecule has 0 fully saturated rings. The van der Waals surface area contributed by atoms with Crippen LogP contribution in [0.3, 0.4) is 0 Å². The van der Waals surface area contributed by atoms with E-state index in [9.17, 15) is 13.2 Å². The molecule has 0 heterocycles. The van der Waals surface area contributed by atoms with Crippen molar-refractivity contribution in [2.75, 3.05) is 13.4 Å². The van der Waals surface area contributed by atoms with Crippen LogP contribution >= 0.6 is 0 Å². The Bertz CT molecular complexity index is 1120. The second-order valence-corrected chi connectivity index (χ2v) is 9.79. The zero-order valence-corrected chi connectivity index (χ0v) is 19.2. The highest BCUT2D eigenvalue weighted by molar-refractivity contribution is 7.90. The van der Waals surface area contributed by atoms with E-state index in [1.165, 1.54) is 13.4 Å². The van der Waals surface area contributed by atoms with Crippen molar-refractivity contribution in [3.8, 4) is 0 Å². The number of aryl methyl sites for hydroxylation is 2. The van der Waals surface area contributed by atoms with Gasteiger partial charge in [0.2, 0.25) is 0 Å². The lowest BCUT2D eigenvalue weighted by Crippen LogP contribution is -2.17. The summed E-state index contributed by atoms with van der Waals surface area (Å²) in [6.45, 7) is 0.222. The van der Waals surface area contributed by atoms with Gasteiger partial charge in [-0.15, -0.1) is 0 Å². The highest BCUT2D eigenvalue weighted by atomic mass is 32.2. The minimum atomic E-state index is -3.47. The molecular formula is C26H28O5S. The van der Waals surface area contributed by atoms with E-state index in [1.807, 2.05) is 66.7 Å². The van der Waals surface area contributed by atoms with Crippen LogP contribution in [0.5, 0.6) is 0 Å². The topological polar surface area (TPSA) is 69.7 Å². The van der Waals surface area contributed by atoms with Gasteiger partial charge in [0.15, 0.2) is 15.3 Å². The molecule has 1 unspecified atom stereocenters. The van der Waals surface area contributed by atoms with Crippen molar-refractivity contribution in [2.45, 2.75) is 31.3 Å². The molecule has 0 spiro atoms. The number of ether oxygens (including phenoxy) is 2. The number of carbonyl (C=O) groups excluding carboxylic acids is 1. The average Bonchev–Trinajstić information content (AvgIpc) is 2.80. The first-order valence-electron chi connectivity index (χ1n) is 10.5. The number of esters is 1. The number of sulfone groups is 1. The van der Waals surface area contributed by atoms with E-state index in [4.69, 9.17) is 9.47 Å². The summed E-state index contributed by atoms with van der Waals surface area (Å²) < 4.78 is 35.7. The van der Waals surface area contributed by atoms with Crippen molar-refractivity contribution in [3.63, 3.8) is 0 Å². The van der Waals surface area contributed by atoms with Gasteiger partial charge in [-0.3, -0.25) is 0 Å². The van der Waals surface area contributed by atoms with Crippen molar-refractivity contribution in [1.29, 1.82) is 0 Å². The normalized spacial score (nSPS) is 12.3. The molecule has 0 aromatic heterocycles. The van der Waals surface area contributed by atoms with Gasteiger partial charge in [-0.2, -0.15) is 0 Å². The fraction of sp³-hybridized carbons (Fsp3) is 0.269. The van der Waals surface area contributed by atoms with E-state index < -0.39 is 15.3 Å². The number of rotatable bonds is 10. The molecule has 0 N–H and O–H groups in total. The summed E-state index contributed by atoms with van der Waals surface area (Å²) in [5.74, 6) is -0.354. The summed E-state index contributed by atoms with van der Waals surface area (Å²) in [5, 5.41) is 0. The lowest BCUT2D eigenvalue weighted by molar-refractivity contribution is 0.0600. The number of methoxy groups -OCH3 is 1. The van der Waals surface area contributed by atoms with Crippen LogP contribution in [-0.4, -0.2) is 27.8 Å². The quantitative estimate of drug-likeness (QED) is 0.409. The lowest BCUT2D eigenvalue weighted by atomic mass is 9.99. The third-order valence-electron chi connectivity index (χ3n) is 5.23. The average molecular weight is 453 g/mol. The molecule has 168 valence electrons. The Labute approximate surface area is 189 Å². The first-order chi connectivity index (χ1) is 15.4. The Morgan fingerprint density at radius 3 is 2.16 bits per heavy atom. The summed E-state index contributed by atoms with van der Waals surface area (Å²) in [5.41, 5.74) is 3.18. The Hall–Kier alpha value is -2.96. The third-order valence-corrected chi connectivity index (χ3v) is 6.40. The summed E-state index contributed by atoms with van der Waals surface area (Å²) in [6.07, 6.45) is 3.58. The minimum Gasteiger partial charge on any atom is -0.465 e. The van der Waals surface area contributed by atoms with E-state index in [-0.39, 0.29) is 12.6 Å². The molecule has 3 aromatic carbocycles. The maximum Gasteiger partial charge on any atom is 0.337 e. The SMILES string of the molecule is COC(=O)c1ccc(CCCc2ccccc2C(OCc2ccccc2)S(C)(=O)=O)cc1. The summed E-state index contributed by atoms with van der Waals surface area (Å²) in [6, 6.07) is 24.4. The molecule has 0 aliphatic carbocycles. The predicted molar refractivity (Wildman–Crippen MR) is 125 cm³/mol. The van der Waals surface area contributed by atoms with Crippen LogP contribution in [0.15, 0.2) is 78.9 Å². The second-order valence-electron chi connectivity index (χ2n) is 7.70. The van der Waals surface area contributed by atoms with Crippen molar-refractivity contribution < 1.29 is 22.7 Å². The van der Waals surface area contributed by atoms with Crippen LogP contribution in [0, 0.1) is 0 Å². The molecule has 3 rings (SSSR count). The van der Waals surface area contributed by atoms with Gasteiger partial charge in [0, 0.05) is 6.26 Å². The van der Waals surface area contributed by atoms with Crippen molar-refractivity contribution in [2.24, 2.45) is 0 Å². The van der Waals surface area contributed by atoms with E-state index in [1.54, 1.807) is 12.1 Å². The van der Waals surface area contributed by atoms with Crippen molar-refractivity contribution >= 4 is 15.8 Å². The van der Waals surface area contributed by atoms with Gasteiger partial charge in [0.1, 0.15) is 0 Å². The van der Waals surface area contributed by atoms with Crippen molar-refractivity contribution in [3.05, 3.63) is 107 Å². The molecule has 0 bridgehead atoms. The summed E-state index contributed by atoms with van der Waals surface area (Å²) in [4.78, 5) is 11.6. The minimum absolute atomic E-state index is 0.222. The lowest BCUT2D eigenvalue weighted by Gasteiger charge is -2.20. The van der Waals surface area contributed by atoms with Crippen LogP contribution in [0.1, 0.15) is 44.5 Å². The van der Waals surface area contributed by atoms with Crippen LogP contribution in [0.4, 0.5) is 0 Å². The number of benzene rings is 3. The molecule has 6 heteroatoms. The zero-order chi connectivity index (χ0) is 23.0. The van der Waals surface area contributed by atoms with Gasteiger partial charge in [-0.05, 0) is 53.6 Å². The largest absolute Gasteiger partial charge is 0.465 e. The first-order valence-corrected chi connectivity index (χ1v) is 12.4. The fourth-order valence-electron chi connectivity index (χ4n) is 3.59. The monoisotopic (exact) mass is 452 g/mol. The van der Waals surface area contributed by atoms with Crippen LogP contribution < -0.4 is 0 Å². The molecular weight excluding hydrogens is 424 g/mol. The highest BCUT2D eigenvalue weighted by Crippen LogP contribution is 2.28. The molecule has 3 aromatic rings. The van der Waals surface area contributed by atoms with Gasteiger partial charge in [-0.25, -0.2) is 13.2 Å². The standard InChI is InChI=1S/C26H28O5S/c1-30-25(27)23-17-15-20(16-18-23)11-8-13-22-12-6-7-14-24(22)26(32(2,28)29)31-19-21-9-4-3-5-10-21/h3-7,9-10,12,14-18,26H,8,11,13,19H2,1-2H3. The molecule has 5 nitrogen and oxygen atoms in total.